The molecule has 0 amide bonds. The molecule has 2 heterocycles. The van der Waals surface area contributed by atoms with Crippen molar-refractivity contribution in [2.75, 3.05) is 11.9 Å². The molecule has 52 valence electrons. The van der Waals surface area contributed by atoms with Crippen molar-refractivity contribution < 1.29 is 0 Å². The summed E-state index contributed by atoms with van der Waals surface area (Å²) in [6.45, 7) is 3.16. The second kappa shape index (κ2) is 1.97. The quantitative estimate of drug-likeness (QED) is 0.579. The number of nitrogens with zero attached hydrogens (tertiary/aromatic N) is 1. The largest absolute Gasteiger partial charge is 0.383 e. The summed E-state index contributed by atoms with van der Waals surface area (Å²) in [6.07, 6.45) is 2.96. The van der Waals surface area contributed by atoms with Crippen LogP contribution in [-0.4, -0.2) is 11.5 Å². The Bertz CT molecular complexity index is 255. The molecule has 0 aliphatic carbocycles. The summed E-state index contributed by atoms with van der Waals surface area (Å²) in [5.41, 5.74) is 3.78. The topological polar surface area (TPSA) is 24.9 Å². The van der Waals surface area contributed by atoms with Crippen LogP contribution in [0.5, 0.6) is 0 Å². The molecule has 2 rings (SSSR count). The molecular formula is C8H10N2. The number of hydrogen-bond donors (Lipinski definition) is 1. The number of aryl methyl sites for hydroxylation is 1. The van der Waals surface area contributed by atoms with E-state index in [-0.39, 0.29) is 0 Å². The molecule has 1 aromatic rings. The van der Waals surface area contributed by atoms with E-state index in [0.29, 0.717) is 0 Å². The number of aromatic nitrogens is 1. The van der Waals surface area contributed by atoms with Gasteiger partial charge in [0.1, 0.15) is 0 Å². The molecule has 0 saturated carbocycles. The normalized spacial score (nSPS) is 14.5. The first-order valence-corrected chi connectivity index (χ1v) is 3.56. The molecule has 2 nitrogen and oxygen atoms in total. The molecule has 0 fully saturated rings. The van der Waals surface area contributed by atoms with Crippen LogP contribution < -0.4 is 5.32 Å². The Morgan fingerprint density at radius 3 is 3.30 bits per heavy atom. The highest BCUT2D eigenvalue weighted by Gasteiger charge is 2.11. The zero-order valence-corrected chi connectivity index (χ0v) is 6.02. The first-order valence-electron chi connectivity index (χ1n) is 3.56. The minimum absolute atomic E-state index is 1.05. The third-order valence-corrected chi connectivity index (χ3v) is 1.90. The summed E-state index contributed by atoms with van der Waals surface area (Å²) < 4.78 is 0. The van der Waals surface area contributed by atoms with Gasteiger partial charge in [-0.1, -0.05) is 0 Å². The summed E-state index contributed by atoms with van der Waals surface area (Å²) >= 11 is 0. The van der Waals surface area contributed by atoms with Gasteiger partial charge in [0.2, 0.25) is 0 Å². The van der Waals surface area contributed by atoms with Crippen LogP contribution in [0.2, 0.25) is 0 Å². The number of fused-ring (bicyclic) bond motifs is 1. The fourth-order valence-electron chi connectivity index (χ4n) is 1.35. The first-order chi connectivity index (χ1) is 4.88. The molecule has 0 aromatic carbocycles. The fourth-order valence-corrected chi connectivity index (χ4v) is 1.35. The Hall–Kier alpha value is -1.05. The average Bonchev–Trinajstić information content (AvgIpc) is 2.36. The molecule has 2 heteroatoms. The molecule has 0 radical (unpaired) electrons. The average molecular weight is 134 g/mol. The maximum atomic E-state index is 4.26. The molecule has 1 aliphatic rings. The number of nitrogens with one attached hydrogen (secondary N) is 1. The third kappa shape index (κ3) is 0.685. The van der Waals surface area contributed by atoms with Crippen LogP contribution in [0.15, 0.2) is 12.3 Å². The lowest BCUT2D eigenvalue weighted by molar-refractivity contribution is 1.04. The van der Waals surface area contributed by atoms with Gasteiger partial charge in [0.05, 0.1) is 11.4 Å². The fraction of sp³-hybridized carbons (Fsp3) is 0.375. The van der Waals surface area contributed by atoms with Gasteiger partial charge < -0.3 is 5.32 Å². The van der Waals surface area contributed by atoms with Crippen molar-refractivity contribution in [1.82, 2.24) is 4.98 Å². The van der Waals surface area contributed by atoms with Gasteiger partial charge in [-0.15, -0.1) is 0 Å². The lowest BCUT2D eigenvalue weighted by atomic mass is 10.2. The smallest absolute Gasteiger partial charge is 0.0654 e. The van der Waals surface area contributed by atoms with E-state index >= 15 is 0 Å². The summed E-state index contributed by atoms with van der Waals surface area (Å²) in [4.78, 5) is 4.26. The molecule has 0 spiro atoms. The third-order valence-electron chi connectivity index (χ3n) is 1.90. The lowest BCUT2D eigenvalue weighted by Gasteiger charge is -2.00. The molecule has 1 N–H and O–H groups in total. The molecular weight excluding hydrogens is 124 g/mol. The van der Waals surface area contributed by atoms with E-state index in [0.717, 1.165) is 13.0 Å². The van der Waals surface area contributed by atoms with Gasteiger partial charge in [0.25, 0.3) is 0 Å². The van der Waals surface area contributed by atoms with Gasteiger partial charge in [-0.3, -0.25) is 4.98 Å². The Labute approximate surface area is 60.3 Å². The van der Waals surface area contributed by atoms with Crippen LogP contribution in [0, 0.1) is 6.92 Å². The molecule has 0 saturated heterocycles. The van der Waals surface area contributed by atoms with E-state index < -0.39 is 0 Å². The van der Waals surface area contributed by atoms with Crippen LogP contribution in [0.3, 0.4) is 0 Å². The van der Waals surface area contributed by atoms with Gasteiger partial charge in [0.15, 0.2) is 0 Å². The molecule has 10 heavy (non-hydrogen) atoms. The highest BCUT2D eigenvalue weighted by molar-refractivity contribution is 5.57. The first kappa shape index (κ1) is 5.71. The zero-order chi connectivity index (χ0) is 6.97. The van der Waals surface area contributed by atoms with Crippen molar-refractivity contribution >= 4 is 5.69 Å². The van der Waals surface area contributed by atoms with Crippen LogP contribution >= 0.6 is 0 Å². The molecule has 0 atom stereocenters. The second-order valence-electron chi connectivity index (χ2n) is 2.63. The SMILES string of the molecule is Cc1ccnc2c1NCC2. The predicted octanol–water partition coefficient (Wildman–Crippen LogP) is 1.36. The summed E-state index contributed by atoms with van der Waals surface area (Å²) in [7, 11) is 0. The lowest BCUT2D eigenvalue weighted by Crippen LogP contribution is -1.92. The van der Waals surface area contributed by atoms with Crippen LogP contribution in [0.1, 0.15) is 11.3 Å². The van der Waals surface area contributed by atoms with Gasteiger partial charge in [-0.2, -0.15) is 0 Å². The molecule has 1 aromatic heterocycles. The van der Waals surface area contributed by atoms with Crippen molar-refractivity contribution in [3.8, 4) is 0 Å². The monoisotopic (exact) mass is 134 g/mol. The summed E-state index contributed by atoms with van der Waals surface area (Å²) in [5.74, 6) is 0. The Morgan fingerprint density at radius 1 is 1.60 bits per heavy atom. The zero-order valence-electron chi connectivity index (χ0n) is 6.02. The Balaban J connectivity index is 2.59. The van der Waals surface area contributed by atoms with E-state index in [4.69, 9.17) is 0 Å². The van der Waals surface area contributed by atoms with Gasteiger partial charge in [0, 0.05) is 19.2 Å². The van der Waals surface area contributed by atoms with Crippen molar-refractivity contribution in [2.45, 2.75) is 13.3 Å². The van der Waals surface area contributed by atoms with E-state index in [2.05, 4.69) is 17.2 Å². The minimum atomic E-state index is 1.05. The highest BCUT2D eigenvalue weighted by atomic mass is 14.9. The molecule has 1 aliphatic heterocycles. The van der Waals surface area contributed by atoms with Crippen LogP contribution in [0.4, 0.5) is 5.69 Å². The summed E-state index contributed by atoms with van der Waals surface area (Å²) in [6, 6.07) is 2.04. The number of anilines is 1. The van der Waals surface area contributed by atoms with E-state index in [1.165, 1.54) is 16.9 Å². The Morgan fingerprint density at radius 2 is 2.50 bits per heavy atom. The van der Waals surface area contributed by atoms with E-state index in [1.54, 1.807) is 0 Å². The predicted molar refractivity (Wildman–Crippen MR) is 41.2 cm³/mol. The number of rotatable bonds is 0. The van der Waals surface area contributed by atoms with Crippen LogP contribution in [0.25, 0.3) is 0 Å². The van der Waals surface area contributed by atoms with Crippen molar-refractivity contribution in [3.05, 3.63) is 23.5 Å². The van der Waals surface area contributed by atoms with Gasteiger partial charge in [-0.25, -0.2) is 0 Å². The van der Waals surface area contributed by atoms with Crippen molar-refractivity contribution in [1.29, 1.82) is 0 Å². The maximum Gasteiger partial charge on any atom is 0.0654 e. The van der Waals surface area contributed by atoms with E-state index in [9.17, 15) is 0 Å². The van der Waals surface area contributed by atoms with Crippen molar-refractivity contribution in [2.24, 2.45) is 0 Å². The molecule has 0 unspecified atom stereocenters. The van der Waals surface area contributed by atoms with Crippen molar-refractivity contribution in [3.63, 3.8) is 0 Å². The summed E-state index contributed by atoms with van der Waals surface area (Å²) in [5, 5.41) is 3.31. The van der Waals surface area contributed by atoms with Gasteiger partial charge >= 0.3 is 0 Å². The maximum absolute atomic E-state index is 4.26. The highest BCUT2D eigenvalue weighted by Crippen LogP contribution is 2.22. The second-order valence-corrected chi connectivity index (χ2v) is 2.63. The van der Waals surface area contributed by atoms with Crippen LogP contribution in [-0.2, 0) is 6.42 Å². The minimum Gasteiger partial charge on any atom is -0.383 e. The standard InChI is InChI=1S/C8H10N2/c1-6-2-4-9-7-3-5-10-8(6)7/h2,4,10H,3,5H2,1H3. The number of pyridine rings is 1. The van der Waals surface area contributed by atoms with E-state index in [1.807, 2.05) is 12.3 Å². The Kier molecular flexibility index (Phi) is 1.13. The number of hydrogen-bond acceptors (Lipinski definition) is 2. The molecule has 0 bridgehead atoms. The van der Waals surface area contributed by atoms with Gasteiger partial charge in [-0.05, 0) is 18.6 Å².